The number of halogens is 1. The summed E-state index contributed by atoms with van der Waals surface area (Å²) in [4.78, 5) is 18.1. The van der Waals surface area contributed by atoms with Crippen LogP contribution in [0.5, 0.6) is 16.6 Å². The van der Waals surface area contributed by atoms with E-state index < -0.39 is 22.0 Å². The van der Waals surface area contributed by atoms with Crippen molar-refractivity contribution in [3.8, 4) is 16.6 Å². The zero-order valence-electron chi connectivity index (χ0n) is 18.6. The van der Waals surface area contributed by atoms with Gasteiger partial charge in [-0.15, -0.1) is 0 Å². The molecule has 180 valence electrons. The number of aryl methyl sites for hydroxylation is 1. The maximum atomic E-state index is 13.3. The lowest BCUT2D eigenvalue weighted by atomic mass is 10.2. The van der Waals surface area contributed by atoms with Crippen LogP contribution in [0.3, 0.4) is 0 Å². The van der Waals surface area contributed by atoms with Crippen LogP contribution in [0, 0.1) is 12.7 Å². The van der Waals surface area contributed by atoms with Gasteiger partial charge in [0.1, 0.15) is 22.2 Å². The van der Waals surface area contributed by atoms with Crippen molar-refractivity contribution in [1.29, 1.82) is 0 Å². The van der Waals surface area contributed by atoms with Crippen molar-refractivity contribution in [3.63, 3.8) is 0 Å². The summed E-state index contributed by atoms with van der Waals surface area (Å²) < 4.78 is 49.2. The highest BCUT2D eigenvalue weighted by Crippen LogP contribution is 2.31. The quantitative estimate of drug-likeness (QED) is 0.313. The number of anilines is 2. The molecule has 0 spiro atoms. The molecule has 0 aliphatic carbocycles. The summed E-state index contributed by atoms with van der Waals surface area (Å²) in [7, 11) is -2.52. The monoisotopic (exact) mass is 513 g/mol. The predicted octanol–water partition coefficient (Wildman–Crippen LogP) is 5.82. The summed E-state index contributed by atoms with van der Waals surface area (Å²) in [5.41, 5.74) is 1.32. The summed E-state index contributed by atoms with van der Waals surface area (Å²) in [5, 5.41) is 3.27. The number of amides is 2. The molecule has 4 rings (SSSR count). The molecule has 0 atom stereocenters. The number of urea groups is 1. The average Bonchev–Trinajstić information content (AvgIpc) is 3.25. The molecule has 11 heteroatoms. The van der Waals surface area contributed by atoms with Gasteiger partial charge in [0.25, 0.3) is 0 Å². The third kappa shape index (κ3) is 6.14. The molecule has 1 N–H and O–H groups in total. The van der Waals surface area contributed by atoms with E-state index in [-0.39, 0.29) is 15.8 Å². The van der Waals surface area contributed by atoms with Crippen LogP contribution in [0.4, 0.5) is 20.0 Å². The van der Waals surface area contributed by atoms with Crippen LogP contribution in [0.15, 0.2) is 83.9 Å². The van der Waals surface area contributed by atoms with Gasteiger partial charge in [0, 0.05) is 24.9 Å². The molecule has 0 aliphatic rings. The SMILES string of the molecule is Cc1ccc(S(=O)(=O)Oc2cccc(N(C)C(=O)Nc3ncc(Oc4cccc(F)c4)s3)c2)cc1. The number of ether oxygens (including phenoxy) is 1. The molecule has 0 bridgehead atoms. The number of carbonyl (C=O) groups is 1. The number of aromatic nitrogens is 1. The smallest absolute Gasteiger partial charge is 0.339 e. The molecule has 35 heavy (non-hydrogen) atoms. The summed E-state index contributed by atoms with van der Waals surface area (Å²) in [6.07, 6.45) is 1.41. The molecule has 0 saturated carbocycles. The normalized spacial score (nSPS) is 11.1. The Morgan fingerprint density at radius 1 is 1.03 bits per heavy atom. The summed E-state index contributed by atoms with van der Waals surface area (Å²) in [5.74, 6) is -0.0659. The van der Waals surface area contributed by atoms with Crippen LogP contribution in [0.2, 0.25) is 0 Å². The van der Waals surface area contributed by atoms with Gasteiger partial charge < -0.3 is 8.92 Å². The van der Waals surface area contributed by atoms with Crippen LogP contribution < -0.4 is 19.1 Å². The van der Waals surface area contributed by atoms with E-state index in [1.807, 2.05) is 6.92 Å². The summed E-state index contributed by atoms with van der Waals surface area (Å²) in [6.45, 7) is 1.85. The molecule has 8 nitrogen and oxygen atoms in total. The molecule has 1 aromatic heterocycles. The third-order valence-corrected chi connectivity index (χ3v) is 6.79. The Bertz CT molecular complexity index is 1460. The van der Waals surface area contributed by atoms with Gasteiger partial charge in [-0.1, -0.05) is 41.2 Å². The van der Waals surface area contributed by atoms with E-state index in [0.29, 0.717) is 16.5 Å². The number of thiazole rings is 1. The fraction of sp³-hybridized carbons (Fsp3) is 0.0833. The van der Waals surface area contributed by atoms with E-state index in [0.717, 1.165) is 16.9 Å². The number of hydrogen-bond acceptors (Lipinski definition) is 7. The molecule has 0 radical (unpaired) electrons. The molecule has 4 aromatic rings. The predicted molar refractivity (Wildman–Crippen MR) is 131 cm³/mol. The van der Waals surface area contributed by atoms with Crippen molar-refractivity contribution in [1.82, 2.24) is 4.98 Å². The molecule has 0 fully saturated rings. The molecular formula is C24H20FN3O5S2. The first-order valence-corrected chi connectivity index (χ1v) is 12.5. The van der Waals surface area contributed by atoms with E-state index in [1.54, 1.807) is 30.3 Å². The number of carbonyl (C=O) groups excluding carboxylic acids is 1. The third-order valence-electron chi connectivity index (χ3n) is 4.74. The van der Waals surface area contributed by atoms with Crippen molar-refractivity contribution in [2.45, 2.75) is 11.8 Å². The minimum atomic E-state index is -4.03. The standard InChI is InChI=1S/C24H20FN3O5S2/c1-16-9-11-21(12-10-16)35(30,31)33-20-8-4-6-18(14-20)28(2)24(29)27-23-26-15-22(34-23)32-19-7-3-5-17(25)13-19/h3-15H,1-2H3,(H,26,27,29). The van der Waals surface area contributed by atoms with Crippen molar-refractivity contribution in [2.75, 3.05) is 17.3 Å². The van der Waals surface area contributed by atoms with E-state index >= 15 is 0 Å². The van der Waals surface area contributed by atoms with Crippen molar-refractivity contribution >= 4 is 38.3 Å². The first-order chi connectivity index (χ1) is 16.7. The second kappa shape index (κ2) is 10.1. The second-order valence-corrected chi connectivity index (χ2v) is 9.92. The van der Waals surface area contributed by atoms with Gasteiger partial charge >= 0.3 is 16.1 Å². The van der Waals surface area contributed by atoms with Crippen LogP contribution in [-0.4, -0.2) is 26.5 Å². The van der Waals surface area contributed by atoms with Crippen molar-refractivity contribution in [3.05, 3.63) is 90.4 Å². The lowest BCUT2D eigenvalue weighted by Crippen LogP contribution is -2.31. The van der Waals surface area contributed by atoms with Gasteiger partial charge in [-0.25, -0.2) is 14.2 Å². The zero-order chi connectivity index (χ0) is 25.0. The second-order valence-electron chi connectivity index (χ2n) is 7.38. The molecule has 0 aliphatic heterocycles. The van der Waals surface area contributed by atoms with E-state index in [2.05, 4.69) is 10.3 Å². The number of hydrogen-bond donors (Lipinski definition) is 1. The topological polar surface area (TPSA) is 97.8 Å². The maximum Gasteiger partial charge on any atom is 0.339 e. The fourth-order valence-electron chi connectivity index (χ4n) is 2.93. The van der Waals surface area contributed by atoms with Gasteiger partial charge in [-0.3, -0.25) is 10.2 Å². The summed E-state index contributed by atoms with van der Waals surface area (Å²) in [6, 6.07) is 17.6. The van der Waals surface area contributed by atoms with Gasteiger partial charge in [0.2, 0.25) is 5.06 Å². The van der Waals surface area contributed by atoms with Crippen LogP contribution in [0.1, 0.15) is 5.56 Å². The molecule has 1 heterocycles. The van der Waals surface area contributed by atoms with E-state index in [1.165, 1.54) is 60.6 Å². The molecular weight excluding hydrogens is 493 g/mol. The van der Waals surface area contributed by atoms with Crippen LogP contribution in [-0.2, 0) is 10.1 Å². The number of rotatable bonds is 7. The molecule has 0 unspecified atom stereocenters. The van der Waals surface area contributed by atoms with Gasteiger partial charge in [0.15, 0.2) is 5.13 Å². The van der Waals surface area contributed by atoms with E-state index in [4.69, 9.17) is 8.92 Å². The van der Waals surface area contributed by atoms with Crippen molar-refractivity contribution < 1.29 is 26.5 Å². The Labute approximate surface area is 205 Å². The highest BCUT2D eigenvalue weighted by atomic mass is 32.2. The van der Waals surface area contributed by atoms with Gasteiger partial charge in [-0.05, 0) is 43.3 Å². The molecule has 0 saturated heterocycles. The average molecular weight is 514 g/mol. The van der Waals surface area contributed by atoms with Crippen molar-refractivity contribution in [2.24, 2.45) is 0 Å². The van der Waals surface area contributed by atoms with Gasteiger partial charge in [-0.2, -0.15) is 8.42 Å². The summed E-state index contributed by atoms with van der Waals surface area (Å²) >= 11 is 1.07. The zero-order valence-corrected chi connectivity index (χ0v) is 20.3. The number of nitrogens with zero attached hydrogens (tertiary/aromatic N) is 2. The Hall–Kier alpha value is -3.96. The Morgan fingerprint density at radius 3 is 2.49 bits per heavy atom. The highest BCUT2D eigenvalue weighted by Gasteiger charge is 2.19. The van der Waals surface area contributed by atoms with Crippen LogP contribution in [0.25, 0.3) is 0 Å². The Morgan fingerprint density at radius 2 is 1.74 bits per heavy atom. The number of nitrogens with one attached hydrogen (secondary N) is 1. The van der Waals surface area contributed by atoms with Gasteiger partial charge in [0.05, 0.1) is 6.20 Å². The van der Waals surface area contributed by atoms with Crippen LogP contribution >= 0.6 is 11.3 Å². The Balaban J connectivity index is 1.42. The highest BCUT2D eigenvalue weighted by molar-refractivity contribution is 7.87. The minimum absolute atomic E-state index is 0.0274. The first kappa shape index (κ1) is 24.2. The lowest BCUT2D eigenvalue weighted by molar-refractivity contribution is 0.258. The maximum absolute atomic E-state index is 13.3. The fourth-order valence-corrected chi connectivity index (χ4v) is 4.53. The lowest BCUT2D eigenvalue weighted by Gasteiger charge is -2.18. The largest absolute Gasteiger partial charge is 0.445 e. The Kier molecular flexibility index (Phi) is 6.99. The minimum Gasteiger partial charge on any atom is -0.445 e. The van der Waals surface area contributed by atoms with E-state index in [9.17, 15) is 17.6 Å². The number of benzene rings is 3. The molecule has 2 amide bonds. The molecule has 3 aromatic carbocycles. The first-order valence-electron chi connectivity index (χ1n) is 10.2.